The van der Waals surface area contributed by atoms with E-state index in [1.807, 2.05) is 31.2 Å². The van der Waals surface area contributed by atoms with E-state index < -0.39 is 0 Å². The van der Waals surface area contributed by atoms with Gasteiger partial charge in [-0.25, -0.2) is 0 Å². The van der Waals surface area contributed by atoms with Crippen molar-refractivity contribution in [3.63, 3.8) is 0 Å². The van der Waals surface area contributed by atoms with Crippen LogP contribution in [0.1, 0.15) is 59.5 Å². The van der Waals surface area contributed by atoms with Crippen LogP contribution >= 0.6 is 0 Å². The quantitative estimate of drug-likeness (QED) is 0.809. The summed E-state index contributed by atoms with van der Waals surface area (Å²) in [5, 5.41) is 2.90. The predicted molar refractivity (Wildman–Crippen MR) is 103 cm³/mol. The van der Waals surface area contributed by atoms with E-state index in [9.17, 15) is 9.59 Å². The molecular weight excluding hydrogens is 326 g/mol. The maximum Gasteiger partial charge on any atom is 0.277 e. The number of aromatic nitrogens is 1. The van der Waals surface area contributed by atoms with Gasteiger partial charge in [0.25, 0.3) is 11.8 Å². The second kappa shape index (κ2) is 8.13. The molecule has 5 heteroatoms. The Labute approximate surface area is 154 Å². The normalized spacial score (nSPS) is 15.6. The highest BCUT2D eigenvalue weighted by molar-refractivity contribution is 6.07. The number of hydrogen-bond acceptors (Lipinski definition) is 3. The molecule has 2 amide bonds. The molecule has 0 spiro atoms. The molecule has 136 valence electrons. The third-order valence-electron chi connectivity index (χ3n) is 4.73. The lowest BCUT2D eigenvalue weighted by atomic mass is 10.1. The van der Waals surface area contributed by atoms with E-state index in [1.165, 1.54) is 6.20 Å². The van der Waals surface area contributed by atoms with E-state index in [0.29, 0.717) is 17.8 Å². The molecule has 1 aromatic heterocycles. The Kier molecular flexibility index (Phi) is 5.66. The van der Waals surface area contributed by atoms with Crippen LogP contribution in [0.2, 0.25) is 0 Å². The predicted octanol–water partition coefficient (Wildman–Crippen LogP) is 3.59. The van der Waals surface area contributed by atoms with Crippen LogP contribution in [0.5, 0.6) is 0 Å². The van der Waals surface area contributed by atoms with Crippen molar-refractivity contribution in [1.29, 1.82) is 0 Å². The number of hydrogen-bond donors (Lipinski definition) is 1. The molecule has 0 fully saturated rings. The average Bonchev–Trinajstić information content (AvgIpc) is 3.00. The lowest BCUT2D eigenvalue weighted by Crippen LogP contribution is -2.36. The summed E-state index contributed by atoms with van der Waals surface area (Å²) >= 11 is 0. The average molecular weight is 351 g/mol. The summed E-state index contributed by atoms with van der Waals surface area (Å²) in [7, 11) is 0. The van der Waals surface area contributed by atoms with Crippen LogP contribution in [-0.4, -0.2) is 29.4 Å². The number of carbonyl (C=O) groups excluding carboxylic acids is 2. The molecule has 3 rings (SSSR count). The Morgan fingerprint density at radius 2 is 2.04 bits per heavy atom. The fourth-order valence-electron chi connectivity index (χ4n) is 3.37. The number of amides is 2. The molecule has 1 atom stereocenters. The molecule has 2 aromatic rings. The fourth-order valence-corrected chi connectivity index (χ4v) is 3.37. The van der Waals surface area contributed by atoms with Gasteiger partial charge in [-0.3, -0.25) is 14.6 Å². The van der Waals surface area contributed by atoms with Gasteiger partial charge in [0.2, 0.25) is 0 Å². The molecule has 0 aliphatic carbocycles. The minimum atomic E-state index is -0.164. The summed E-state index contributed by atoms with van der Waals surface area (Å²) in [6.45, 7) is 4.80. The molecule has 1 aliphatic rings. The third-order valence-corrected chi connectivity index (χ3v) is 4.73. The summed E-state index contributed by atoms with van der Waals surface area (Å²) < 4.78 is 0. The van der Waals surface area contributed by atoms with Crippen molar-refractivity contribution in [3.05, 3.63) is 59.4 Å². The van der Waals surface area contributed by atoms with Crippen LogP contribution in [-0.2, 0) is 6.42 Å². The highest BCUT2D eigenvalue weighted by Crippen LogP contribution is 2.32. The van der Waals surface area contributed by atoms with Gasteiger partial charge in [-0.1, -0.05) is 38.0 Å². The molecule has 0 saturated heterocycles. The number of unbranched alkanes of at least 4 members (excludes halogenated alkanes) is 2. The molecule has 2 heterocycles. The van der Waals surface area contributed by atoms with E-state index in [-0.39, 0.29) is 17.9 Å². The topological polar surface area (TPSA) is 62.3 Å². The Morgan fingerprint density at radius 3 is 2.85 bits per heavy atom. The molecule has 0 radical (unpaired) electrons. The maximum absolute atomic E-state index is 13.0. The zero-order valence-electron chi connectivity index (χ0n) is 15.4. The second-order valence-corrected chi connectivity index (χ2v) is 6.75. The number of pyridine rings is 1. The first-order chi connectivity index (χ1) is 12.6. The van der Waals surface area contributed by atoms with Gasteiger partial charge in [-0.15, -0.1) is 0 Å². The Balaban J connectivity index is 1.76. The van der Waals surface area contributed by atoms with Crippen molar-refractivity contribution in [2.24, 2.45) is 0 Å². The van der Waals surface area contributed by atoms with Gasteiger partial charge in [0.05, 0.1) is 0 Å². The molecule has 0 saturated carbocycles. The molecule has 1 aromatic carbocycles. The van der Waals surface area contributed by atoms with E-state index in [0.717, 1.165) is 36.9 Å². The van der Waals surface area contributed by atoms with Gasteiger partial charge in [0, 0.05) is 30.0 Å². The second-order valence-electron chi connectivity index (χ2n) is 6.75. The zero-order chi connectivity index (χ0) is 18.5. The first-order valence-electron chi connectivity index (χ1n) is 9.27. The van der Waals surface area contributed by atoms with Crippen molar-refractivity contribution in [2.75, 3.05) is 11.4 Å². The summed E-state index contributed by atoms with van der Waals surface area (Å²) in [6.07, 6.45) is 5.52. The van der Waals surface area contributed by atoms with E-state index in [2.05, 4.69) is 17.2 Å². The monoisotopic (exact) mass is 351 g/mol. The van der Waals surface area contributed by atoms with Crippen molar-refractivity contribution in [2.45, 2.75) is 45.6 Å². The van der Waals surface area contributed by atoms with Gasteiger partial charge >= 0.3 is 0 Å². The number of nitrogens with one attached hydrogen (secondary N) is 1. The van der Waals surface area contributed by atoms with Crippen LogP contribution < -0.4 is 10.2 Å². The van der Waals surface area contributed by atoms with E-state index in [4.69, 9.17) is 0 Å². The van der Waals surface area contributed by atoms with Gasteiger partial charge in [0.15, 0.2) is 0 Å². The molecule has 0 bridgehead atoms. The number of benzene rings is 1. The van der Waals surface area contributed by atoms with Crippen molar-refractivity contribution in [3.8, 4) is 0 Å². The standard InChI is InChI=1S/C21H25N3O2/c1-3-4-7-11-23-20(25)17-10-12-22-18(14-17)21(26)24-15(2)13-16-8-5-6-9-19(16)24/h5-6,8-10,12,14-15H,3-4,7,11,13H2,1-2H3,(H,23,25). The van der Waals surface area contributed by atoms with Crippen LogP contribution in [0.4, 0.5) is 5.69 Å². The Morgan fingerprint density at radius 1 is 1.23 bits per heavy atom. The SMILES string of the molecule is CCCCCNC(=O)c1ccnc(C(=O)N2c3ccccc3CC2C)c1. The minimum Gasteiger partial charge on any atom is -0.352 e. The van der Waals surface area contributed by atoms with Crippen molar-refractivity contribution >= 4 is 17.5 Å². The lowest BCUT2D eigenvalue weighted by molar-refractivity contribution is 0.0953. The maximum atomic E-state index is 13.0. The van der Waals surface area contributed by atoms with Crippen LogP contribution in [0.3, 0.4) is 0 Å². The van der Waals surface area contributed by atoms with Crippen LogP contribution in [0.15, 0.2) is 42.6 Å². The fraction of sp³-hybridized carbons (Fsp3) is 0.381. The zero-order valence-corrected chi connectivity index (χ0v) is 15.4. The number of fused-ring (bicyclic) bond motifs is 1. The minimum absolute atomic E-state index is 0.0771. The first-order valence-corrected chi connectivity index (χ1v) is 9.27. The molecule has 26 heavy (non-hydrogen) atoms. The van der Waals surface area contributed by atoms with E-state index >= 15 is 0 Å². The third kappa shape index (κ3) is 3.77. The van der Waals surface area contributed by atoms with Gasteiger partial charge in [-0.2, -0.15) is 0 Å². The lowest BCUT2D eigenvalue weighted by Gasteiger charge is -2.22. The number of rotatable bonds is 6. The smallest absolute Gasteiger partial charge is 0.277 e. The van der Waals surface area contributed by atoms with E-state index in [1.54, 1.807) is 17.0 Å². The summed E-state index contributed by atoms with van der Waals surface area (Å²) in [5.41, 5.74) is 2.87. The number of nitrogens with zero attached hydrogens (tertiary/aromatic N) is 2. The molecule has 1 N–H and O–H groups in total. The van der Waals surface area contributed by atoms with Gasteiger partial charge < -0.3 is 10.2 Å². The van der Waals surface area contributed by atoms with Gasteiger partial charge in [-0.05, 0) is 43.5 Å². The summed E-state index contributed by atoms with van der Waals surface area (Å²) in [6, 6.07) is 11.2. The Bertz CT molecular complexity index is 803. The molecule has 1 unspecified atom stereocenters. The Hall–Kier alpha value is -2.69. The number of para-hydroxylation sites is 1. The van der Waals surface area contributed by atoms with Crippen LogP contribution in [0, 0.1) is 0 Å². The van der Waals surface area contributed by atoms with Gasteiger partial charge in [0.1, 0.15) is 5.69 Å². The summed E-state index contributed by atoms with van der Waals surface area (Å²) in [4.78, 5) is 31.3. The number of anilines is 1. The first kappa shape index (κ1) is 18.1. The number of carbonyl (C=O) groups is 2. The van der Waals surface area contributed by atoms with Crippen LogP contribution in [0.25, 0.3) is 0 Å². The highest BCUT2D eigenvalue weighted by atomic mass is 16.2. The molecular formula is C21H25N3O2. The largest absolute Gasteiger partial charge is 0.352 e. The molecule has 1 aliphatic heterocycles. The highest BCUT2D eigenvalue weighted by Gasteiger charge is 2.32. The molecule has 5 nitrogen and oxygen atoms in total. The van der Waals surface area contributed by atoms with Crippen molar-refractivity contribution in [1.82, 2.24) is 10.3 Å². The van der Waals surface area contributed by atoms with Crippen molar-refractivity contribution < 1.29 is 9.59 Å². The summed E-state index contributed by atoms with van der Waals surface area (Å²) in [5.74, 6) is -0.324.